The van der Waals surface area contributed by atoms with Crippen LogP contribution in [-0.2, 0) is 0 Å². The lowest BCUT2D eigenvalue weighted by Gasteiger charge is -1.98. The molecule has 0 atom stereocenters. The van der Waals surface area contributed by atoms with Gasteiger partial charge in [0.2, 0.25) is 0 Å². The third-order valence-electron chi connectivity index (χ3n) is 1.77. The molecule has 0 rings (SSSR count). The second-order valence-corrected chi connectivity index (χ2v) is 4.44. The Morgan fingerprint density at radius 1 is 0.455 bits per heavy atom. The zero-order valence-corrected chi connectivity index (χ0v) is 10.3. The Balaban J connectivity index is 2.69. The molecule has 68 valence electrons. The summed E-state index contributed by atoms with van der Waals surface area (Å²) in [5, 5.41) is 2.35. The van der Waals surface area contributed by atoms with Crippen molar-refractivity contribution >= 4 is 31.9 Å². The molecule has 2 heteroatoms. The highest BCUT2D eigenvalue weighted by Gasteiger charge is 1.89. The zero-order valence-electron chi connectivity index (χ0n) is 7.12. The summed E-state index contributed by atoms with van der Waals surface area (Å²) in [4.78, 5) is 0. The molecule has 0 amide bonds. The monoisotopic (exact) mass is 284 g/mol. The maximum atomic E-state index is 3.44. The topological polar surface area (TPSA) is 0 Å². The second-order valence-electron chi connectivity index (χ2n) is 2.85. The van der Waals surface area contributed by atoms with Crippen molar-refractivity contribution < 1.29 is 0 Å². The van der Waals surface area contributed by atoms with Crippen molar-refractivity contribution in [1.82, 2.24) is 0 Å². The van der Waals surface area contributed by atoms with Crippen LogP contribution in [0.1, 0.15) is 44.9 Å². The quantitative estimate of drug-likeness (QED) is 0.455. The van der Waals surface area contributed by atoms with Gasteiger partial charge in [-0.1, -0.05) is 64.0 Å². The van der Waals surface area contributed by atoms with Crippen LogP contribution < -0.4 is 0 Å². The van der Waals surface area contributed by atoms with E-state index in [4.69, 9.17) is 0 Å². The van der Waals surface area contributed by atoms with E-state index in [1.807, 2.05) is 0 Å². The van der Waals surface area contributed by atoms with Gasteiger partial charge < -0.3 is 0 Å². The lowest BCUT2D eigenvalue weighted by Crippen LogP contribution is -1.81. The smallest absolute Gasteiger partial charge is 0.00313 e. The van der Waals surface area contributed by atoms with Crippen LogP contribution in [0.2, 0.25) is 0 Å². The van der Waals surface area contributed by atoms with Crippen molar-refractivity contribution in [3.8, 4) is 0 Å². The fourth-order valence-electron chi connectivity index (χ4n) is 1.07. The first-order valence-corrected chi connectivity index (χ1v) is 6.78. The first-order chi connectivity index (χ1) is 5.41. The van der Waals surface area contributed by atoms with E-state index in [9.17, 15) is 0 Å². The summed E-state index contributed by atoms with van der Waals surface area (Å²) in [6.45, 7) is 0. The van der Waals surface area contributed by atoms with Crippen molar-refractivity contribution in [1.29, 1.82) is 0 Å². The maximum Gasteiger partial charge on any atom is 0.00313 e. The Morgan fingerprint density at radius 3 is 1.00 bits per heavy atom. The van der Waals surface area contributed by atoms with E-state index in [2.05, 4.69) is 31.9 Å². The van der Waals surface area contributed by atoms with Crippen molar-refractivity contribution in [2.75, 3.05) is 10.7 Å². The standard InChI is InChI=1S/C9H18Br2/c10-8-6-4-2-1-3-5-7-9-11/h1-9H2. The predicted octanol–water partition coefficient (Wildman–Crippen LogP) is 4.51. The Bertz CT molecular complexity index is 56.6. The van der Waals surface area contributed by atoms with E-state index >= 15 is 0 Å². The van der Waals surface area contributed by atoms with Crippen molar-refractivity contribution in [2.24, 2.45) is 0 Å². The first kappa shape index (κ1) is 12.0. The highest BCUT2D eigenvalue weighted by atomic mass is 79.9. The molecule has 0 aromatic carbocycles. The van der Waals surface area contributed by atoms with Gasteiger partial charge in [0.05, 0.1) is 0 Å². The molecule has 0 radical (unpaired) electrons. The Hall–Kier alpha value is 0.960. The van der Waals surface area contributed by atoms with Crippen LogP contribution in [0.4, 0.5) is 0 Å². The van der Waals surface area contributed by atoms with E-state index in [1.165, 1.54) is 55.6 Å². The van der Waals surface area contributed by atoms with Crippen LogP contribution in [0.3, 0.4) is 0 Å². The van der Waals surface area contributed by atoms with Gasteiger partial charge in [0, 0.05) is 10.7 Å². The van der Waals surface area contributed by atoms with E-state index in [0.29, 0.717) is 0 Å². The summed E-state index contributed by atoms with van der Waals surface area (Å²) in [7, 11) is 0. The number of rotatable bonds is 8. The third-order valence-corrected chi connectivity index (χ3v) is 2.89. The molecule has 11 heavy (non-hydrogen) atoms. The third kappa shape index (κ3) is 11.0. The van der Waals surface area contributed by atoms with Crippen LogP contribution in [0.25, 0.3) is 0 Å². The fraction of sp³-hybridized carbons (Fsp3) is 1.00. The van der Waals surface area contributed by atoms with Gasteiger partial charge in [-0.25, -0.2) is 0 Å². The first-order valence-electron chi connectivity index (χ1n) is 4.53. The van der Waals surface area contributed by atoms with Crippen LogP contribution in [-0.4, -0.2) is 10.7 Å². The van der Waals surface area contributed by atoms with Gasteiger partial charge in [-0.15, -0.1) is 0 Å². The number of alkyl halides is 2. The number of unbranched alkanes of at least 4 members (excludes halogenated alkanes) is 6. The van der Waals surface area contributed by atoms with E-state index in [-0.39, 0.29) is 0 Å². The number of hydrogen-bond donors (Lipinski definition) is 0. The molecule has 0 aliphatic carbocycles. The summed E-state index contributed by atoms with van der Waals surface area (Å²) in [5.74, 6) is 0. The molecule has 0 aliphatic rings. The average Bonchev–Trinajstić information content (AvgIpc) is 2.03. The predicted molar refractivity (Wildman–Crippen MR) is 59.9 cm³/mol. The van der Waals surface area contributed by atoms with Crippen molar-refractivity contribution in [3.63, 3.8) is 0 Å². The van der Waals surface area contributed by atoms with Gasteiger partial charge in [0.1, 0.15) is 0 Å². The van der Waals surface area contributed by atoms with Crippen LogP contribution in [0.5, 0.6) is 0 Å². The van der Waals surface area contributed by atoms with E-state index in [0.717, 1.165) is 0 Å². The summed E-state index contributed by atoms with van der Waals surface area (Å²) in [5.41, 5.74) is 0. The summed E-state index contributed by atoms with van der Waals surface area (Å²) < 4.78 is 0. The molecular formula is C9H18Br2. The second kappa shape index (κ2) is 11.0. The molecule has 0 aliphatic heterocycles. The number of hydrogen-bond acceptors (Lipinski definition) is 0. The normalized spacial score (nSPS) is 10.4. The molecule has 0 spiro atoms. The van der Waals surface area contributed by atoms with Crippen molar-refractivity contribution in [2.45, 2.75) is 44.9 Å². The Morgan fingerprint density at radius 2 is 0.727 bits per heavy atom. The molecule has 0 fully saturated rings. The Labute approximate surface area is 87.4 Å². The van der Waals surface area contributed by atoms with Gasteiger partial charge in [-0.05, 0) is 12.8 Å². The van der Waals surface area contributed by atoms with Gasteiger partial charge in [-0.3, -0.25) is 0 Å². The number of halogens is 2. The van der Waals surface area contributed by atoms with Gasteiger partial charge in [-0.2, -0.15) is 0 Å². The summed E-state index contributed by atoms with van der Waals surface area (Å²) in [6, 6.07) is 0. The Kier molecular flexibility index (Phi) is 11.9. The molecule has 0 N–H and O–H groups in total. The minimum atomic E-state index is 1.18. The average molecular weight is 286 g/mol. The summed E-state index contributed by atoms with van der Waals surface area (Å²) in [6.07, 6.45) is 9.78. The molecule has 0 nitrogen and oxygen atoms in total. The maximum absolute atomic E-state index is 3.44. The summed E-state index contributed by atoms with van der Waals surface area (Å²) >= 11 is 6.87. The van der Waals surface area contributed by atoms with E-state index in [1.54, 1.807) is 0 Å². The van der Waals surface area contributed by atoms with Crippen LogP contribution in [0, 0.1) is 0 Å². The minimum Gasteiger partial charge on any atom is -0.0928 e. The minimum absolute atomic E-state index is 1.18. The lowest BCUT2D eigenvalue weighted by atomic mass is 10.1. The molecule has 0 saturated heterocycles. The van der Waals surface area contributed by atoms with E-state index < -0.39 is 0 Å². The molecule has 0 unspecified atom stereocenters. The largest absolute Gasteiger partial charge is 0.0928 e. The molecule has 0 heterocycles. The van der Waals surface area contributed by atoms with Crippen LogP contribution in [0.15, 0.2) is 0 Å². The van der Waals surface area contributed by atoms with Gasteiger partial charge >= 0.3 is 0 Å². The molecule has 0 aromatic heterocycles. The SMILES string of the molecule is BrCCCCCCCCCBr. The molecule has 0 aromatic rings. The fourth-order valence-corrected chi connectivity index (χ4v) is 1.87. The van der Waals surface area contributed by atoms with Gasteiger partial charge in [0.15, 0.2) is 0 Å². The highest BCUT2D eigenvalue weighted by molar-refractivity contribution is 9.09. The molecule has 0 bridgehead atoms. The highest BCUT2D eigenvalue weighted by Crippen LogP contribution is 2.08. The van der Waals surface area contributed by atoms with Gasteiger partial charge in [0.25, 0.3) is 0 Å². The zero-order chi connectivity index (χ0) is 8.36. The molecule has 0 saturated carbocycles. The van der Waals surface area contributed by atoms with Crippen molar-refractivity contribution in [3.05, 3.63) is 0 Å². The van der Waals surface area contributed by atoms with Crippen LogP contribution >= 0.6 is 31.9 Å². The lowest BCUT2D eigenvalue weighted by molar-refractivity contribution is 0.606. The molecular weight excluding hydrogens is 268 g/mol.